The van der Waals surface area contributed by atoms with Gasteiger partial charge in [0.15, 0.2) is 0 Å². The van der Waals surface area contributed by atoms with Crippen LogP contribution >= 0.6 is 15.9 Å². The van der Waals surface area contributed by atoms with Crippen LogP contribution in [0.25, 0.3) is 11.3 Å². The van der Waals surface area contributed by atoms with Crippen molar-refractivity contribution in [1.29, 1.82) is 0 Å². The number of hydrogen-bond donors (Lipinski definition) is 1. The summed E-state index contributed by atoms with van der Waals surface area (Å²) in [6, 6.07) is 12.1. The lowest BCUT2D eigenvalue weighted by molar-refractivity contribution is 0.215. The summed E-state index contributed by atoms with van der Waals surface area (Å²) in [5, 5.41) is 8.90. The first kappa shape index (κ1) is 15.3. The molecule has 0 saturated carbocycles. The van der Waals surface area contributed by atoms with Gasteiger partial charge in [0.1, 0.15) is 11.5 Å². The van der Waals surface area contributed by atoms with Crippen LogP contribution in [0.2, 0.25) is 0 Å². The van der Waals surface area contributed by atoms with Gasteiger partial charge >= 0.3 is 0 Å². The molecule has 1 aromatic carbocycles. The molecule has 0 aliphatic carbocycles. The minimum absolute atomic E-state index is 0.235. The van der Waals surface area contributed by atoms with E-state index in [0.717, 1.165) is 47.6 Å². The van der Waals surface area contributed by atoms with Gasteiger partial charge in [-0.2, -0.15) is 0 Å². The zero-order chi connectivity index (χ0) is 14.4. The van der Waals surface area contributed by atoms with E-state index in [9.17, 15) is 0 Å². The highest BCUT2D eigenvalue weighted by Gasteiger charge is 2.08. The van der Waals surface area contributed by atoms with Gasteiger partial charge in [0.05, 0.1) is 6.54 Å². The van der Waals surface area contributed by atoms with Crippen molar-refractivity contribution in [2.45, 2.75) is 19.9 Å². The fraction of sp³-hybridized carbons (Fsp3) is 0.375. The summed E-state index contributed by atoms with van der Waals surface area (Å²) < 4.78 is 6.97. The van der Waals surface area contributed by atoms with Crippen molar-refractivity contribution >= 4 is 15.9 Å². The first-order valence-corrected chi connectivity index (χ1v) is 7.70. The Morgan fingerprint density at radius 3 is 2.55 bits per heavy atom. The van der Waals surface area contributed by atoms with Gasteiger partial charge in [-0.1, -0.05) is 35.0 Å². The Bertz CT molecular complexity index is 522. The van der Waals surface area contributed by atoms with Crippen molar-refractivity contribution in [2.75, 3.05) is 19.7 Å². The molecular weight excluding hydrogens is 318 g/mol. The smallest absolute Gasteiger partial charge is 0.134 e. The molecule has 0 saturated heterocycles. The van der Waals surface area contributed by atoms with Gasteiger partial charge in [-0.05, 0) is 37.2 Å². The number of nitrogens with zero attached hydrogens (tertiary/aromatic N) is 1. The van der Waals surface area contributed by atoms with Crippen molar-refractivity contribution in [1.82, 2.24) is 4.90 Å². The van der Waals surface area contributed by atoms with E-state index < -0.39 is 0 Å². The Hall–Kier alpha value is -1.10. The number of furan rings is 1. The number of halogens is 1. The SMILES string of the molecule is CCN(CCCO)Cc1ccc(-c2ccc(Br)cc2)o1. The monoisotopic (exact) mass is 337 g/mol. The Balaban J connectivity index is 2.02. The van der Waals surface area contributed by atoms with Crippen molar-refractivity contribution in [3.63, 3.8) is 0 Å². The molecule has 20 heavy (non-hydrogen) atoms. The second-order valence-electron chi connectivity index (χ2n) is 4.72. The molecule has 1 heterocycles. The average Bonchev–Trinajstić information content (AvgIpc) is 2.92. The second-order valence-corrected chi connectivity index (χ2v) is 5.63. The zero-order valence-electron chi connectivity index (χ0n) is 11.7. The Morgan fingerprint density at radius 2 is 1.90 bits per heavy atom. The number of aliphatic hydroxyl groups is 1. The first-order chi connectivity index (χ1) is 9.72. The molecule has 0 aliphatic heterocycles. The van der Waals surface area contributed by atoms with Crippen molar-refractivity contribution < 1.29 is 9.52 Å². The Kier molecular flexibility index (Phi) is 5.83. The van der Waals surface area contributed by atoms with Crippen LogP contribution in [0.15, 0.2) is 45.3 Å². The zero-order valence-corrected chi connectivity index (χ0v) is 13.3. The van der Waals surface area contributed by atoms with Crippen LogP contribution in [-0.2, 0) is 6.54 Å². The molecule has 2 aromatic rings. The largest absolute Gasteiger partial charge is 0.460 e. The predicted octanol–water partition coefficient (Wildman–Crippen LogP) is 3.91. The number of hydrogen-bond acceptors (Lipinski definition) is 3. The molecule has 2 rings (SSSR count). The molecule has 1 N–H and O–H groups in total. The fourth-order valence-corrected chi connectivity index (χ4v) is 2.36. The lowest BCUT2D eigenvalue weighted by atomic mass is 10.2. The third-order valence-corrected chi connectivity index (χ3v) is 3.78. The molecule has 0 amide bonds. The fourth-order valence-electron chi connectivity index (χ4n) is 2.10. The van der Waals surface area contributed by atoms with Crippen molar-refractivity contribution in [3.05, 3.63) is 46.6 Å². The quantitative estimate of drug-likeness (QED) is 0.831. The van der Waals surface area contributed by atoms with Crippen LogP contribution < -0.4 is 0 Å². The molecule has 0 atom stereocenters. The molecule has 0 unspecified atom stereocenters. The van der Waals surface area contributed by atoms with Gasteiger partial charge in [0.25, 0.3) is 0 Å². The molecule has 1 aromatic heterocycles. The summed E-state index contributed by atoms with van der Waals surface area (Å²) in [5.41, 5.74) is 1.08. The standard InChI is InChI=1S/C16H20BrNO2/c1-2-18(10-3-11-19)12-15-8-9-16(20-15)13-4-6-14(17)7-5-13/h4-9,19H,2-3,10-12H2,1H3. The van der Waals surface area contributed by atoms with E-state index in [1.807, 2.05) is 36.4 Å². The minimum Gasteiger partial charge on any atom is -0.460 e. The molecular formula is C16H20BrNO2. The lowest BCUT2D eigenvalue weighted by Crippen LogP contribution is -2.24. The summed E-state index contributed by atoms with van der Waals surface area (Å²) in [6.45, 7) is 4.98. The average molecular weight is 338 g/mol. The van der Waals surface area contributed by atoms with E-state index in [4.69, 9.17) is 9.52 Å². The number of rotatable bonds is 7. The highest BCUT2D eigenvalue weighted by molar-refractivity contribution is 9.10. The first-order valence-electron chi connectivity index (χ1n) is 6.90. The predicted molar refractivity (Wildman–Crippen MR) is 84.5 cm³/mol. The minimum atomic E-state index is 0.235. The van der Waals surface area contributed by atoms with E-state index >= 15 is 0 Å². The van der Waals surface area contributed by atoms with Gasteiger partial charge in [-0.25, -0.2) is 0 Å². The van der Waals surface area contributed by atoms with Crippen LogP contribution in [-0.4, -0.2) is 29.7 Å². The molecule has 0 bridgehead atoms. The van der Waals surface area contributed by atoms with Gasteiger partial charge < -0.3 is 9.52 Å². The van der Waals surface area contributed by atoms with E-state index in [-0.39, 0.29) is 6.61 Å². The highest BCUT2D eigenvalue weighted by Crippen LogP contribution is 2.24. The maximum Gasteiger partial charge on any atom is 0.134 e. The molecule has 108 valence electrons. The van der Waals surface area contributed by atoms with Crippen LogP contribution in [0.3, 0.4) is 0 Å². The maximum atomic E-state index is 8.90. The summed E-state index contributed by atoms with van der Waals surface area (Å²) >= 11 is 3.43. The van der Waals surface area contributed by atoms with Gasteiger partial charge in [0, 0.05) is 23.2 Å². The van der Waals surface area contributed by atoms with Crippen LogP contribution in [0.1, 0.15) is 19.1 Å². The second kappa shape index (κ2) is 7.62. The third kappa shape index (κ3) is 4.20. The molecule has 0 aliphatic rings. The summed E-state index contributed by atoms with van der Waals surface area (Å²) in [6.07, 6.45) is 0.800. The molecule has 0 spiro atoms. The van der Waals surface area contributed by atoms with Crippen molar-refractivity contribution in [2.24, 2.45) is 0 Å². The van der Waals surface area contributed by atoms with Crippen LogP contribution in [0.4, 0.5) is 0 Å². The molecule has 3 nitrogen and oxygen atoms in total. The Morgan fingerprint density at radius 1 is 1.15 bits per heavy atom. The summed E-state index contributed by atoms with van der Waals surface area (Å²) in [5.74, 6) is 1.86. The molecule has 0 radical (unpaired) electrons. The van der Waals surface area contributed by atoms with Gasteiger partial charge in [0.2, 0.25) is 0 Å². The van der Waals surface area contributed by atoms with Crippen LogP contribution in [0, 0.1) is 0 Å². The topological polar surface area (TPSA) is 36.6 Å². The Labute approximate surface area is 128 Å². The van der Waals surface area contributed by atoms with E-state index in [2.05, 4.69) is 27.8 Å². The summed E-state index contributed by atoms with van der Waals surface area (Å²) in [4.78, 5) is 2.26. The number of aliphatic hydroxyl groups excluding tert-OH is 1. The highest BCUT2D eigenvalue weighted by atomic mass is 79.9. The normalized spacial score (nSPS) is 11.2. The van der Waals surface area contributed by atoms with Crippen molar-refractivity contribution in [3.8, 4) is 11.3 Å². The van der Waals surface area contributed by atoms with E-state index in [0.29, 0.717) is 0 Å². The van der Waals surface area contributed by atoms with Crippen LogP contribution in [0.5, 0.6) is 0 Å². The van der Waals surface area contributed by atoms with E-state index in [1.165, 1.54) is 0 Å². The molecule has 0 fully saturated rings. The maximum absolute atomic E-state index is 8.90. The summed E-state index contributed by atoms with van der Waals surface area (Å²) in [7, 11) is 0. The third-order valence-electron chi connectivity index (χ3n) is 3.25. The van der Waals surface area contributed by atoms with Gasteiger partial charge in [-0.3, -0.25) is 4.90 Å². The lowest BCUT2D eigenvalue weighted by Gasteiger charge is -2.18. The molecule has 4 heteroatoms. The van der Waals surface area contributed by atoms with Gasteiger partial charge in [-0.15, -0.1) is 0 Å². The number of benzene rings is 1. The van der Waals surface area contributed by atoms with E-state index in [1.54, 1.807) is 0 Å².